The van der Waals surface area contributed by atoms with Gasteiger partial charge in [0.1, 0.15) is 0 Å². The van der Waals surface area contributed by atoms with Crippen LogP contribution in [0.3, 0.4) is 0 Å². The topological polar surface area (TPSA) is 51.8 Å². The van der Waals surface area contributed by atoms with Crippen molar-refractivity contribution in [1.29, 1.82) is 0 Å². The molecule has 0 radical (unpaired) electrons. The van der Waals surface area contributed by atoms with E-state index < -0.39 is 0 Å². The molecule has 2 unspecified atom stereocenters. The van der Waals surface area contributed by atoms with Crippen molar-refractivity contribution >= 4 is 5.69 Å². The number of anilines is 1. The summed E-state index contributed by atoms with van der Waals surface area (Å²) in [4.78, 5) is 0. The number of fused-ring (bicyclic) bond motifs is 1. The average Bonchev–Trinajstić information content (AvgIpc) is 2.87. The normalized spacial score (nSPS) is 23.1. The van der Waals surface area contributed by atoms with Crippen molar-refractivity contribution in [2.75, 3.05) is 31.9 Å². The molecule has 1 fully saturated rings. The van der Waals surface area contributed by atoms with Crippen molar-refractivity contribution in [3.05, 3.63) is 18.2 Å². The molecule has 5 nitrogen and oxygen atoms in total. The molecule has 0 amide bonds. The Labute approximate surface area is 113 Å². The molecule has 2 N–H and O–H groups in total. The van der Waals surface area contributed by atoms with Gasteiger partial charge < -0.3 is 24.8 Å². The molecule has 0 bridgehead atoms. The van der Waals surface area contributed by atoms with Crippen molar-refractivity contribution in [3.63, 3.8) is 0 Å². The molecule has 0 aromatic heterocycles. The molecular formula is C14H20N2O3. The van der Waals surface area contributed by atoms with Gasteiger partial charge in [0.25, 0.3) is 0 Å². The molecule has 2 heterocycles. The van der Waals surface area contributed by atoms with Crippen LogP contribution < -0.4 is 20.1 Å². The number of benzene rings is 1. The third-order valence-electron chi connectivity index (χ3n) is 3.42. The molecule has 1 aromatic rings. The molecule has 1 aromatic carbocycles. The molecule has 104 valence electrons. The summed E-state index contributed by atoms with van der Waals surface area (Å²) in [6, 6.07) is 6.77. The summed E-state index contributed by atoms with van der Waals surface area (Å²) >= 11 is 0. The molecule has 2 aliphatic heterocycles. The summed E-state index contributed by atoms with van der Waals surface area (Å²) in [5.41, 5.74) is 1.06. The molecule has 0 spiro atoms. The Morgan fingerprint density at radius 2 is 2.26 bits per heavy atom. The van der Waals surface area contributed by atoms with E-state index in [0.717, 1.165) is 43.4 Å². The van der Waals surface area contributed by atoms with E-state index in [-0.39, 0.29) is 0 Å². The van der Waals surface area contributed by atoms with Gasteiger partial charge in [-0.05, 0) is 25.5 Å². The zero-order valence-electron chi connectivity index (χ0n) is 11.1. The summed E-state index contributed by atoms with van der Waals surface area (Å²) < 4.78 is 16.1. The van der Waals surface area contributed by atoms with Crippen molar-refractivity contribution in [2.45, 2.75) is 25.4 Å². The number of hydrogen-bond acceptors (Lipinski definition) is 5. The highest BCUT2D eigenvalue weighted by Crippen LogP contribution is 2.34. The lowest BCUT2D eigenvalue weighted by molar-refractivity contribution is 0.0731. The predicted molar refractivity (Wildman–Crippen MR) is 72.9 cm³/mol. The van der Waals surface area contributed by atoms with Crippen LogP contribution in [-0.4, -0.2) is 38.6 Å². The third kappa shape index (κ3) is 3.11. The van der Waals surface area contributed by atoms with Crippen molar-refractivity contribution in [1.82, 2.24) is 5.32 Å². The minimum atomic E-state index is 0.317. The van der Waals surface area contributed by atoms with Gasteiger partial charge in [0.2, 0.25) is 6.79 Å². The van der Waals surface area contributed by atoms with Crippen molar-refractivity contribution < 1.29 is 14.2 Å². The smallest absolute Gasteiger partial charge is 0.231 e. The van der Waals surface area contributed by atoms with Crippen LogP contribution in [0.15, 0.2) is 18.2 Å². The maximum atomic E-state index is 5.47. The van der Waals surface area contributed by atoms with Gasteiger partial charge in [-0.15, -0.1) is 0 Å². The molecule has 1 saturated heterocycles. The molecule has 2 aliphatic rings. The largest absolute Gasteiger partial charge is 0.454 e. The van der Waals surface area contributed by atoms with Crippen molar-refractivity contribution in [3.8, 4) is 11.5 Å². The highest BCUT2D eigenvalue weighted by molar-refractivity contribution is 5.55. The Morgan fingerprint density at radius 3 is 3.11 bits per heavy atom. The van der Waals surface area contributed by atoms with Crippen LogP contribution in [0.25, 0.3) is 0 Å². The van der Waals surface area contributed by atoms with Crippen LogP contribution in [0.1, 0.15) is 13.3 Å². The monoisotopic (exact) mass is 264 g/mol. The number of hydrogen-bond donors (Lipinski definition) is 2. The van der Waals surface area contributed by atoms with Gasteiger partial charge in [-0.2, -0.15) is 0 Å². The van der Waals surface area contributed by atoms with Crippen LogP contribution >= 0.6 is 0 Å². The lowest BCUT2D eigenvalue weighted by Gasteiger charge is -2.27. The first-order valence-electron chi connectivity index (χ1n) is 6.78. The quantitative estimate of drug-likeness (QED) is 0.865. The summed E-state index contributed by atoms with van der Waals surface area (Å²) in [5.74, 6) is 1.64. The zero-order chi connectivity index (χ0) is 13.1. The third-order valence-corrected chi connectivity index (χ3v) is 3.42. The van der Waals surface area contributed by atoms with Gasteiger partial charge in [-0.25, -0.2) is 0 Å². The van der Waals surface area contributed by atoms with Gasteiger partial charge in [0.05, 0.1) is 13.2 Å². The first-order chi connectivity index (χ1) is 9.31. The first-order valence-corrected chi connectivity index (χ1v) is 6.78. The second-order valence-electron chi connectivity index (χ2n) is 5.08. The van der Waals surface area contributed by atoms with Gasteiger partial charge >= 0.3 is 0 Å². The maximum absolute atomic E-state index is 5.47. The Kier molecular flexibility index (Phi) is 3.75. The van der Waals surface area contributed by atoms with E-state index in [0.29, 0.717) is 18.9 Å². The predicted octanol–water partition coefficient (Wildman–Crippen LogP) is 1.59. The van der Waals surface area contributed by atoms with Gasteiger partial charge in [-0.1, -0.05) is 0 Å². The molecule has 0 aliphatic carbocycles. The number of ether oxygens (including phenoxy) is 3. The lowest BCUT2D eigenvalue weighted by atomic mass is 10.1. The van der Waals surface area contributed by atoms with E-state index in [1.54, 1.807) is 0 Å². The van der Waals surface area contributed by atoms with E-state index >= 15 is 0 Å². The van der Waals surface area contributed by atoms with Gasteiger partial charge in [-0.3, -0.25) is 0 Å². The molecule has 0 saturated carbocycles. The molecule has 5 heteroatoms. The van der Waals surface area contributed by atoms with E-state index in [2.05, 4.69) is 17.6 Å². The molecular weight excluding hydrogens is 244 g/mol. The van der Waals surface area contributed by atoms with E-state index in [1.165, 1.54) is 0 Å². The Bertz CT molecular complexity index is 433. The van der Waals surface area contributed by atoms with E-state index in [1.807, 2.05) is 18.2 Å². The SMILES string of the molecule is CC(CC1COCCN1)Nc1ccc2c(c1)OCO2. The van der Waals surface area contributed by atoms with Crippen LogP contribution in [0.5, 0.6) is 11.5 Å². The Balaban J connectivity index is 1.55. The number of morpholine rings is 1. The van der Waals surface area contributed by atoms with Crippen LogP contribution in [0, 0.1) is 0 Å². The second kappa shape index (κ2) is 5.67. The minimum absolute atomic E-state index is 0.317. The zero-order valence-corrected chi connectivity index (χ0v) is 11.1. The number of nitrogens with one attached hydrogen (secondary N) is 2. The maximum Gasteiger partial charge on any atom is 0.231 e. The van der Waals surface area contributed by atoms with Crippen LogP contribution in [0.4, 0.5) is 5.69 Å². The summed E-state index contributed by atoms with van der Waals surface area (Å²) in [6.45, 7) is 5.06. The van der Waals surface area contributed by atoms with E-state index in [9.17, 15) is 0 Å². The Morgan fingerprint density at radius 1 is 1.37 bits per heavy atom. The summed E-state index contributed by atoms with van der Waals surface area (Å²) in [6.07, 6.45) is 1.04. The Hall–Kier alpha value is -1.46. The summed E-state index contributed by atoms with van der Waals surface area (Å²) in [5, 5.41) is 6.96. The molecule has 3 rings (SSSR count). The fraction of sp³-hybridized carbons (Fsp3) is 0.571. The average molecular weight is 264 g/mol. The second-order valence-corrected chi connectivity index (χ2v) is 5.08. The minimum Gasteiger partial charge on any atom is -0.454 e. The van der Waals surface area contributed by atoms with Gasteiger partial charge in [0, 0.05) is 30.4 Å². The standard InChI is InChI=1S/C14H20N2O3/c1-10(6-12-8-17-5-4-15-12)16-11-2-3-13-14(7-11)19-9-18-13/h2-3,7,10,12,15-16H,4-6,8-9H2,1H3. The van der Waals surface area contributed by atoms with Gasteiger partial charge in [0.15, 0.2) is 11.5 Å². The van der Waals surface area contributed by atoms with Crippen LogP contribution in [0.2, 0.25) is 0 Å². The lowest BCUT2D eigenvalue weighted by Crippen LogP contribution is -2.43. The number of rotatable bonds is 4. The molecule has 19 heavy (non-hydrogen) atoms. The first kappa shape index (κ1) is 12.6. The highest BCUT2D eigenvalue weighted by atomic mass is 16.7. The molecule has 2 atom stereocenters. The highest BCUT2D eigenvalue weighted by Gasteiger charge is 2.17. The summed E-state index contributed by atoms with van der Waals surface area (Å²) in [7, 11) is 0. The fourth-order valence-corrected chi connectivity index (χ4v) is 2.53. The van der Waals surface area contributed by atoms with E-state index in [4.69, 9.17) is 14.2 Å². The van der Waals surface area contributed by atoms with Crippen LogP contribution in [-0.2, 0) is 4.74 Å². The van der Waals surface area contributed by atoms with Crippen molar-refractivity contribution in [2.24, 2.45) is 0 Å². The fourth-order valence-electron chi connectivity index (χ4n) is 2.53.